The highest BCUT2D eigenvalue weighted by Gasteiger charge is 2.14. The summed E-state index contributed by atoms with van der Waals surface area (Å²) in [5.74, 6) is 1.08. The van der Waals surface area contributed by atoms with Gasteiger partial charge in [0.05, 0.1) is 24.8 Å². The number of hydrogen-bond donors (Lipinski definition) is 1. The van der Waals surface area contributed by atoms with Crippen LogP contribution in [0.15, 0.2) is 61.3 Å². The van der Waals surface area contributed by atoms with Gasteiger partial charge < -0.3 is 19.5 Å². The normalized spacial score (nSPS) is 14.3. The number of benzene rings is 1. The molecule has 0 spiro atoms. The summed E-state index contributed by atoms with van der Waals surface area (Å²) in [6, 6.07) is 11.6. The predicted molar refractivity (Wildman–Crippen MR) is 124 cm³/mol. The van der Waals surface area contributed by atoms with Gasteiger partial charge in [0, 0.05) is 55.7 Å². The third kappa shape index (κ3) is 4.17. The fourth-order valence-corrected chi connectivity index (χ4v) is 3.90. The molecular formula is C24H24N6O2. The number of imidazole rings is 1. The predicted octanol–water partition coefficient (Wildman–Crippen LogP) is 3.51. The molecule has 5 rings (SSSR count). The quantitative estimate of drug-likeness (QED) is 0.535. The first-order valence-corrected chi connectivity index (χ1v) is 10.6. The smallest absolute Gasteiger partial charge is 0.257 e. The molecule has 0 unspecified atom stereocenters. The van der Waals surface area contributed by atoms with Gasteiger partial charge in [0.25, 0.3) is 5.91 Å². The number of rotatable bonds is 4. The van der Waals surface area contributed by atoms with Crippen LogP contribution in [0.4, 0.5) is 11.6 Å². The van der Waals surface area contributed by atoms with Crippen LogP contribution in [-0.4, -0.2) is 51.7 Å². The molecule has 1 saturated heterocycles. The minimum atomic E-state index is -0.214. The third-order valence-electron chi connectivity index (χ3n) is 5.63. The highest BCUT2D eigenvalue weighted by molar-refractivity contribution is 6.05. The van der Waals surface area contributed by atoms with Crippen LogP contribution in [-0.2, 0) is 11.8 Å². The van der Waals surface area contributed by atoms with Gasteiger partial charge in [0.15, 0.2) is 0 Å². The number of anilines is 2. The number of aryl methyl sites for hydroxylation is 1. The number of pyridine rings is 2. The van der Waals surface area contributed by atoms with Gasteiger partial charge in [-0.25, -0.2) is 15.0 Å². The Hall–Kier alpha value is -3.78. The van der Waals surface area contributed by atoms with E-state index in [0.29, 0.717) is 18.0 Å². The third-order valence-corrected chi connectivity index (χ3v) is 5.63. The summed E-state index contributed by atoms with van der Waals surface area (Å²) in [5.41, 5.74) is 2.63. The Bertz CT molecular complexity index is 1260. The van der Waals surface area contributed by atoms with E-state index in [9.17, 15) is 4.79 Å². The number of aromatic nitrogens is 4. The lowest BCUT2D eigenvalue weighted by Gasteiger charge is -2.21. The summed E-state index contributed by atoms with van der Waals surface area (Å²) in [6.07, 6.45) is 8.00. The standard InChI is InChI=1S/C24H24N6O2/c1-29-16-25-15-21(29)17-3-4-19-14-27-22(12-20(19)11-17)28-24(31)18-5-6-26-23(13-18)30-7-2-9-32-10-8-30/h3-6,11-16H,2,7-10H2,1H3,(H,27,28,31). The molecule has 0 bridgehead atoms. The first-order chi connectivity index (χ1) is 15.7. The van der Waals surface area contributed by atoms with Crippen molar-refractivity contribution in [2.75, 3.05) is 36.5 Å². The van der Waals surface area contributed by atoms with Crippen LogP contribution in [0.1, 0.15) is 16.8 Å². The van der Waals surface area contributed by atoms with Crippen LogP contribution in [0.25, 0.3) is 22.0 Å². The van der Waals surface area contributed by atoms with Crippen LogP contribution in [0.5, 0.6) is 0 Å². The molecule has 1 aliphatic heterocycles. The SMILES string of the molecule is Cn1cncc1-c1ccc2cnc(NC(=O)c3ccnc(N4CCCOCC4)c3)cc2c1. The fourth-order valence-electron chi connectivity index (χ4n) is 3.90. The number of fused-ring (bicyclic) bond motifs is 1. The fraction of sp³-hybridized carbons (Fsp3) is 0.250. The van der Waals surface area contributed by atoms with E-state index in [0.717, 1.165) is 54.0 Å². The summed E-state index contributed by atoms with van der Waals surface area (Å²) in [7, 11) is 1.96. The summed E-state index contributed by atoms with van der Waals surface area (Å²) in [4.78, 5) is 28.1. The number of nitrogens with zero attached hydrogens (tertiary/aromatic N) is 5. The van der Waals surface area contributed by atoms with Crippen LogP contribution >= 0.6 is 0 Å². The zero-order chi connectivity index (χ0) is 21.9. The summed E-state index contributed by atoms with van der Waals surface area (Å²) in [6.45, 7) is 3.05. The van der Waals surface area contributed by atoms with Crippen molar-refractivity contribution in [3.05, 3.63) is 66.9 Å². The average Bonchev–Trinajstić information content (AvgIpc) is 3.07. The zero-order valence-electron chi connectivity index (χ0n) is 17.9. The van der Waals surface area contributed by atoms with E-state index in [1.165, 1.54) is 0 Å². The molecule has 4 aromatic rings. The first kappa shape index (κ1) is 20.1. The van der Waals surface area contributed by atoms with Crippen LogP contribution < -0.4 is 10.2 Å². The highest BCUT2D eigenvalue weighted by Crippen LogP contribution is 2.25. The van der Waals surface area contributed by atoms with Gasteiger partial charge >= 0.3 is 0 Å². The number of hydrogen-bond acceptors (Lipinski definition) is 6. The number of carbonyl (C=O) groups is 1. The van der Waals surface area contributed by atoms with E-state index in [1.807, 2.05) is 42.1 Å². The highest BCUT2D eigenvalue weighted by atomic mass is 16.5. The topological polar surface area (TPSA) is 85.2 Å². The molecule has 1 amide bonds. The molecule has 0 atom stereocenters. The lowest BCUT2D eigenvalue weighted by molar-refractivity contribution is 0.102. The molecule has 32 heavy (non-hydrogen) atoms. The minimum absolute atomic E-state index is 0.214. The van der Waals surface area contributed by atoms with Crippen molar-refractivity contribution in [3.63, 3.8) is 0 Å². The second kappa shape index (κ2) is 8.76. The average molecular weight is 428 g/mol. The number of nitrogens with one attached hydrogen (secondary N) is 1. The first-order valence-electron chi connectivity index (χ1n) is 10.6. The van der Waals surface area contributed by atoms with Crippen molar-refractivity contribution in [2.24, 2.45) is 7.05 Å². The number of amides is 1. The molecule has 1 fully saturated rings. The van der Waals surface area contributed by atoms with Gasteiger partial charge in [-0.2, -0.15) is 0 Å². The Balaban J connectivity index is 1.37. The van der Waals surface area contributed by atoms with Gasteiger partial charge in [0.1, 0.15) is 11.6 Å². The molecule has 3 aromatic heterocycles. The second-order valence-electron chi connectivity index (χ2n) is 7.83. The molecule has 4 heterocycles. The monoisotopic (exact) mass is 428 g/mol. The minimum Gasteiger partial charge on any atom is -0.380 e. The van der Waals surface area contributed by atoms with E-state index in [4.69, 9.17) is 4.74 Å². The Morgan fingerprint density at radius 3 is 2.84 bits per heavy atom. The van der Waals surface area contributed by atoms with Crippen LogP contribution in [0.3, 0.4) is 0 Å². The molecule has 0 aliphatic carbocycles. The summed E-state index contributed by atoms with van der Waals surface area (Å²) >= 11 is 0. The van der Waals surface area contributed by atoms with E-state index in [2.05, 4.69) is 31.2 Å². The van der Waals surface area contributed by atoms with Gasteiger partial charge in [-0.3, -0.25) is 4.79 Å². The molecular weight excluding hydrogens is 404 g/mol. The van der Waals surface area contributed by atoms with Gasteiger partial charge in [-0.1, -0.05) is 12.1 Å². The lowest BCUT2D eigenvalue weighted by atomic mass is 10.1. The lowest BCUT2D eigenvalue weighted by Crippen LogP contribution is -2.27. The molecule has 8 heteroatoms. The maximum Gasteiger partial charge on any atom is 0.257 e. The summed E-state index contributed by atoms with van der Waals surface area (Å²) < 4.78 is 7.49. The molecule has 1 N–H and O–H groups in total. The molecule has 8 nitrogen and oxygen atoms in total. The van der Waals surface area contributed by atoms with Crippen molar-refractivity contribution >= 4 is 28.3 Å². The molecule has 1 aliphatic rings. The Labute approximate surface area is 185 Å². The Morgan fingerprint density at radius 1 is 1.03 bits per heavy atom. The maximum atomic E-state index is 12.9. The second-order valence-corrected chi connectivity index (χ2v) is 7.83. The van der Waals surface area contributed by atoms with Crippen LogP contribution in [0.2, 0.25) is 0 Å². The maximum absolute atomic E-state index is 12.9. The van der Waals surface area contributed by atoms with Crippen molar-refractivity contribution in [1.82, 2.24) is 19.5 Å². The van der Waals surface area contributed by atoms with E-state index in [1.54, 1.807) is 24.8 Å². The summed E-state index contributed by atoms with van der Waals surface area (Å²) in [5, 5.41) is 4.92. The Kier molecular flexibility index (Phi) is 5.51. The number of carbonyl (C=O) groups excluding carboxylic acids is 1. The number of ether oxygens (including phenoxy) is 1. The van der Waals surface area contributed by atoms with Gasteiger partial charge in [-0.05, 0) is 36.1 Å². The van der Waals surface area contributed by atoms with E-state index >= 15 is 0 Å². The molecule has 0 saturated carbocycles. The van der Waals surface area contributed by atoms with Crippen molar-refractivity contribution in [3.8, 4) is 11.3 Å². The van der Waals surface area contributed by atoms with Crippen molar-refractivity contribution in [1.29, 1.82) is 0 Å². The zero-order valence-corrected chi connectivity index (χ0v) is 17.9. The van der Waals surface area contributed by atoms with E-state index in [-0.39, 0.29) is 5.91 Å². The largest absolute Gasteiger partial charge is 0.380 e. The molecule has 0 radical (unpaired) electrons. The Morgan fingerprint density at radius 2 is 1.97 bits per heavy atom. The van der Waals surface area contributed by atoms with Gasteiger partial charge in [0.2, 0.25) is 0 Å². The molecule has 1 aromatic carbocycles. The van der Waals surface area contributed by atoms with Crippen molar-refractivity contribution < 1.29 is 9.53 Å². The van der Waals surface area contributed by atoms with Crippen LogP contribution in [0, 0.1) is 0 Å². The van der Waals surface area contributed by atoms with Crippen molar-refractivity contribution in [2.45, 2.75) is 6.42 Å². The molecule has 162 valence electrons. The van der Waals surface area contributed by atoms with E-state index < -0.39 is 0 Å². The van der Waals surface area contributed by atoms with Gasteiger partial charge in [-0.15, -0.1) is 0 Å².